The van der Waals surface area contributed by atoms with Crippen molar-refractivity contribution in [3.05, 3.63) is 23.5 Å². The minimum Gasteiger partial charge on any atom is -0.244 e. The summed E-state index contributed by atoms with van der Waals surface area (Å²) in [5.74, 6) is 1.98. The summed E-state index contributed by atoms with van der Waals surface area (Å²) < 4.78 is 27.5. The fourth-order valence-electron chi connectivity index (χ4n) is 3.86. The second-order valence-corrected chi connectivity index (χ2v) is 8.16. The molecular formula is C14H19ClN2O2S. The van der Waals surface area contributed by atoms with E-state index in [4.69, 9.17) is 11.6 Å². The van der Waals surface area contributed by atoms with Crippen LogP contribution in [0, 0.1) is 17.8 Å². The van der Waals surface area contributed by atoms with Gasteiger partial charge in [-0.25, -0.2) is 18.1 Å². The van der Waals surface area contributed by atoms with Gasteiger partial charge in [-0.1, -0.05) is 18.0 Å². The second kappa shape index (κ2) is 5.28. The van der Waals surface area contributed by atoms with E-state index in [0.29, 0.717) is 11.8 Å². The standard InChI is InChI=1S/C14H19ClN2O2S/c1-9(13-7-10-2-3-11(13)6-10)17-20(18,19)12-4-5-16-14(15)8-12/h4-5,8-11,13,17H,2-3,6-7H2,1H3. The molecule has 0 spiro atoms. The molecule has 2 aliphatic carbocycles. The summed E-state index contributed by atoms with van der Waals surface area (Å²) in [6, 6.07) is 2.83. The molecule has 0 saturated heterocycles. The Bertz CT molecular complexity index is 605. The van der Waals surface area contributed by atoms with Gasteiger partial charge in [-0.3, -0.25) is 0 Å². The summed E-state index contributed by atoms with van der Waals surface area (Å²) >= 11 is 5.76. The van der Waals surface area contributed by atoms with Gasteiger partial charge < -0.3 is 0 Å². The number of rotatable bonds is 4. The molecule has 1 heterocycles. The molecule has 3 rings (SSSR count). The Morgan fingerprint density at radius 3 is 2.80 bits per heavy atom. The molecule has 1 aromatic heterocycles. The maximum absolute atomic E-state index is 12.4. The number of sulfonamides is 1. The zero-order valence-electron chi connectivity index (χ0n) is 11.4. The van der Waals surface area contributed by atoms with Gasteiger partial charge in [-0.15, -0.1) is 0 Å². The normalized spacial score (nSPS) is 30.6. The molecule has 1 N–H and O–H groups in total. The van der Waals surface area contributed by atoms with Gasteiger partial charge in [0.25, 0.3) is 0 Å². The molecule has 2 fully saturated rings. The molecule has 0 amide bonds. The lowest BCUT2D eigenvalue weighted by Gasteiger charge is -2.28. The minimum absolute atomic E-state index is 0.0257. The van der Waals surface area contributed by atoms with E-state index in [-0.39, 0.29) is 16.1 Å². The summed E-state index contributed by atoms with van der Waals surface area (Å²) in [5.41, 5.74) is 0. The molecule has 2 bridgehead atoms. The quantitative estimate of drug-likeness (QED) is 0.869. The molecule has 2 aliphatic rings. The van der Waals surface area contributed by atoms with Crippen LogP contribution in [0.25, 0.3) is 0 Å². The van der Waals surface area contributed by atoms with Gasteiger partial charge in [0.15, 0.2) is 0 Å². The zero-order chi connectivity index (χ0) is 14.3. The average Bonchev–Trinajstić information content (AvgIpc) is 3.00. The molecule has 2 saturated carbocycles. The number of hydrogen-bond acceptors (Lipinski definition) is 3. The zero-order valence-corrected chi connectivity index (χ0v) is 13.0. The van der Waals surface area contributed by atoms with E-state index < -0.39 is 10.0 Å². The number of pyridine rings is 1. The number of nitrogens with zero attached hydrogens (tertiary/aromatic N) is 1. The van der Waals surface area contributed by atoms with Crippen LogP contribution in [0.4, 0.5) is 0 Å². The van der Waals surface area contributed by atoms with Crippen molar-refractivity contribution in [3.63, 3.8) is 0 Å². The lowest BCUT2D eigenvalue weighted by Crippen LogP contribution is -2.40. The first kappa shape index (κ1) is 14.3. The first-order valence-corrected chi connectivity index (χ1v) is 8.96. The summed E-state index contributed by atoms with van der Waals surface area (Å²) in [6.45, 7) is 1.98. The number of fused-ring (bicyclic) bond motifs is 2. The van der Waals surface area contributed by atoms with Crippen molar-refractivity contribution in [2.75, 3.05) is 0 Å². The number of halogens is 1. The van der Waals surface area contributed by atoms with Gasteiger partial charge in [-0.05, 0) is 56.1 Å². The lowest BCUT2D eigenvalue weighted by molar-refractivity contribution is 0.280. The molecule has 0 aromatic carbocycles. The highest BCUT2D eigenvalue weighted by Crippen LogP contribution is 2.49. The fraction of sp³-hybridized carbons (Fsp3) is 0.643. The third-order valence-corrected chi connectivity index (χ3v) is 6.55. The predicted molar refractivity (Wildman–Crippen MR) is 78.0 cm³/mol. The molecule has 110 valence electrons. The Hall–Kier alpha value is -0.650. The van der Waals surface area contributed by atoms with Crippen LogP contribution in [0.3, 0.4) is 0 Å². The van der Waals surface area contributed by atoms with Crippen LogP contribution >= 0.6 is 11.6 Å². The van der Waals surface area contributed by atoms with Gasteiger partial charge in [0.1, 0.15) is 5.15 Å². The molecule has 4 atom stereocenters. The predicted octanol–water partition coefficient (Wildman–Crippen LogP) is 2.84. The van der Waals surface area contributed by atoms with E-state index in [0.717, 1.165) is 12.3 Å². The number of hydrogen-bond donors (Lipinski definition) is 1. The summed E-state index contributed by atoms with van der Waals surface area (Å²) in [5, 5.41) is 0.195. The Morgan fingerprint density at radius 1 is 1.40 bits per heavy atom. The monoisotopic (exact) mass is 314 g/mol. The van der Waals surface area contributed by atoms with E-state index in [1.165, 1.54) is 37.6 Å². The number of aromatic nitrogens is 1. The largest absolute Gasteiger partial charge is 0.244 e. The summed E-state index contributed by atoms with van der Waals surface area (Å²) in [4.78, 5) is 4.00. The van der Waals surface area contributed by atoms with Crippen molar-refractivity contribution in [3.8, 4) is 0 Å². The topological polar surface area (TPSA) is 59.1 Å². The molecular weight excluding hydrogens is 296 g/mol. The third-order valence-electron chi connectivity index (χ3n) is 4.78. The lowest BCUT2D eigenvalue weighted by atomic mass is 9.84. The fourth-order valence-corrected chi connectivity index (χ4v) is 5.40. The van der Waals surface area contributed by atoms with Crippen molar-refractivity contribution in [1.82, 2.24) is 9.71 Å². The van der Waals surface area contributed by atoms with Crippen LogP contribution in [0.1, 0.15) is 32.6 Å². The van der Waals surface area contributed by atoms with Crippen molar-refractivity contribution in [1.29, 1.82) is 0 Å². The molecule has 6 heteroatoms. The molecule has 0 radical (unpaired) electrons. The van der Waals surface area contributed by atoms with Crippen LogP contribution in [0.5, 0.6) is 0 Å². The second-order valence-electron chi connectivity index (χ2n) is 6.06. The first-order chi connectivity index (χ1) is 9.45. The summed E-state index contributed by atoms with van der Waals surface area (Å²) in [6.07, 6.45) is 6.42. The average molecular weight is 315 g/mol. The van der Waals surface area contributed by atoms with E-state index >= 15 is 0 Å². The Labute approximate surface area is 125 Å². The third kappa shape index (κ3) is 2.71. The van der Waals surface area contributed by atoms with Crippen LogP contribution in [0.2, 0.25) is 5.15 Å². The van der Waals surface area contributed by atoms with Crippen molar-refractivity contribution >= 4 is 21.6 Å². The van der Waals surface area contributed by atoms with Gasteiger partial charge in [0.05, 0.1) is 4.90 Å². The maximum Gasteiger partial charge on any atom is 0.240 e. The highest BCUT2D eigenvalue weighted by Gasteiger charge is 2.42. The van der Waals surface area contributed by atoms with Crippen LogP contribution in [-0.4, -0.2) is 19.4 Å². The van der Waals surface area contributed by atoms with Crippen molar-refractivity contribution in [2.24, 2.45) is 17.8 Å². The highest BCUT2D eigenvalue weighted by molar-refractivity contribution is 7.89. The first-order valence-electron chi connectivity index (χ1n) is 7.09. The molecule has 20 heavy (non-hydrogen) atoms. The molecule has 1 aromatic rings. The Morgan fingerprint density at radius 2 is 2.20 bits per heavy atom. The molecule has 4 unspecified atom stereocenters. The smallest absolute Gasteiger partial charge is 0.240 e. The van der Waals surface area contributed by atoms with Crippen LogP contribution < -0.4 is 4.72 Å². The number of nitrogens with one attached hydrogen (secondary N) is 1. The Balaban J connectivity index is 1.73. The van der Waals surface area contributed by atoms with E-state index in [1.54, 1.807) is 0 Å². The maximum atomic E-state index is 12.4. The highest BCUT2D eigenvalue weighted by atomic mass is 35.5. The van der Waals surface area contributed by atoms with Gasteiger partial charge in [0.2, 0.25) is 10.0 Å². The molecule has 0 aliphatic heterocycles. The van der Waals surface area contributed by atoms with Crippen molar-refractivity contribution < 1.29 is 8.42 Å². The van der Waals surface area contributed by atoms with E-state index in [2.05, 4.69) is 9.71 Å². The SMILES string of the molecule is CC(NS(=O)(=O)c1ccnc(Cl)c1)C1CC2CCC1C2. The van der Waals surface area contributed by atoms with Gasteiger partial charge >= 0.3 is 0 Å². The molecule has 4 nitrogen and oxygen atoms in total. The van der Waals surface area contributed by atoms with Gasteiger partial charge in [0, 0.05) is 12.2 Å². The van der Waals surface area contributed by atoms with Gasteiger partial charge in [-0.2, -0.15) is 0 Å². The van der Waals surface area contributed by atoms with Crippen LogP contribution in [0.15, 0.2) is 23.2 Å². The van der Waals surface area contributed by atoms with E-state index in [1.807, 2.05) is 6.92 Å². The Kier molecular flexibility index (Phi) is 3.77. The van der Waals surface area contributed by atoms with Crippen molar-refractivity contribution in [2.45, 2.75) is 43.5 Å². The minimum atomic E-state index is -3.51. The van der Waals surface area contributed by atoms with Crippen LogP contribution in [-0.2, 0) is 10.0 Å². The summed E-state index contributed by atoms with van der Waals surface area (Å²) in [7, 11) is -3.51. The van der Waals surface area contributed by atoms with E-state index in [9.17, 15) is 8.42 Å².